The van der Waals surface area contributed by atoms with Crippen molar-refractivity contribution >= 4 is 28.8 Å². The molecular formula is C29H31N7O6. The lowest BCUT2D eigenvalue weighted by molar-refractivity contribution is 0.0600. The van der Waals surface area contributed by atoms with E-state index in [1.54, 1.807) is 32.4 Å². The maximum atomic E-state index is 13.1. The van der Waals surface area contributed by atoms with Crippen LogP contribution < -0.4 is 14.8 Å². The minimum atomic E-state index is -0.662. The molecule has 2 aromatic heterocycles. The molecular weight excluding hydrogens is 542 g/mol. The molecule has 0 aliphatic rings. The van der Waals surface area contributed by atoms with Crippen LogP contribution in [0.15, 0.2) is 47.8 Å². The summed E-state index contributed by atoms with van der Waals surface area (Å²) in [5.41, 5.74) is 12.5. The van der Waals surface area contributed by atoms with Gasteiger partial charge in [-0.15, -0.1) is 0 Å². The number of azide groups is 1. The largest absolute Gasteiger partial charge is 0.497 e. The molecule has 0 bridgehead atoms. The SMILES string of the molecule is COC(=O)c1ccc(-c2c(CN=[N+]=[N-])n(C(C)C)c3ncnc(NCc4ccc(OC)cc4OC)c23)c(C(=O)OC)c1. The van der Waals surface area contributed by atoms with E-state index in [0.717, 1.165) is 5.56 Å². The number of aromatic nitrogens is 3. The number of rotatable bonds is 11. The van der Waals surface area contributed by atoms with Gasteiger partial charge >= 0.3 is 11.9 Å². The fraction of sp³-hybridized carbons (Fsp3) is 0.310. The number of esters is 2. The van der Waals surface area contributed by atoms with Crippen molar-refractivity contribution in [2.45, 2.75) is 33.0 Å². The first-order valence-electron chi connectivity index (χ1n) is 12.9. The molecule has 0 fully saturated rings. The third-order valence-electron chi connectivity index (χ3n) is 6.74. The van der Waals surface area contributed by atoms with E-state index in [-0.39, 0.29) is 23.7 Å². The summed E-state index contributed by atoms with van der Waals surface area (Å²) in [5.74, 6) is 0.490. The monoisotopic (exact) mass is 573 g/mol. The lowest BCUT2D eigenvalue weighted by Crippen LogP contribution is -2.09. The third kappa shape index (κ3) is 5.63. The van der Waals surface area contributed by atoms with Gasteiger partial charge in [-0.3, -0.25) is 0 Å². The maximum absolute atomic E-state index is 13.1. The minimum Gasteiger partial charge on any atom is -0.497 e. The van der Waals surface area contributed by atoms with Gasteiger partial charge in [-0.25, -0.2) is 19.6 Å². The molecule has 13 nitrogen and oxygen atoms in total. The molecule has 0 atom stereocenters. The van der Waals surface area contributed by atoms with Gasteiger partial charge in [0.2, 0.25) is 0 Å². The van der Waals surface area contributed by atoms with Gasteiger partial charge in [0.25, 0.3) is 0 Å². The molecule has 4 aromatic rings. The predicted octanol–water partition coefficient (Wildman–Crippen LogP) is 5.69. The zero-order chi connectivity index (χ0) is 30.4. The first-order valence-corrected chi connectivity index (χ1v) is 12.9. The molecule has 0 amide bonds. The number of benzene rings is 2. The van der Waals surface area contributed by atoms with Crippen LogP contribution in [0.25, 0.3) is 32.6 Å². The van der Waals surface area contributed by atoms with Gasteiger partial charge in [0.1, 0.15) is 29.3 Å². The van der Waals surface area contributed by atoms with Crippen LogP contribution in [0.1, 0.15) is 51.9 Å². The number of nitrogens with one attached hydrogen (secondary N) is 1. The number of carbonyl (C=O) groups excluding carboxylic acids is 2. The molecule has 0 saturated heterocycles. The fourth-order valence-electron chi connectivity index (χ4n) is 4.88. The fourth-order valence-corrected chi connectivity index (χ4v) is 4.88. The number of hydrogen-bond acceptors (Lipinski definition) is 10. The van der Waals surface area contributed by atoms with Crippen molar-refractivity contribution in [1.82, 2.24) is 14.5 Å². The van der Waals surface area contributed by atoms with Gasteiger partial charge in [0.15, 0.2) is 0 Å². The van der Waals surface area contributed by atoms with Crippen LogP contribution in [0.4, 0.5) is 5.82 Å². The zero-order valence-electron chi connectivity index (χ0n) is 24.2. The molecule has 0 aliphatic heterocycles. The molecule has 1 N–H and O–H groups in total. The molecule has 42 heavy (non-hydrogen) atoms. The predicted molar refractivity (Wildman–Crippen MR) is 156 cm³/mol. The highest BCUT2D eigenvalue weighted by atomic mass is 16.5. The molecule has 2 aromatic carbocycles. The summed E-state index contributed by atoms with van der Waals surface area (Å²) < 4.78 is 22.8. The van der Waals surface area contributed by atoms with Crippen molar-refractivity contribution in [3.05, 3.63) is 75.6 Å². The van der Waals surface area contributed by atoms with Crippen molar-refractivity contribution in [1.29, 1.82) is 0 Å². The Kier molecular flexibility index (Phi) is 9.13. The second-order valence-electron chi connectivity index (χ2n) is 9.37. The number of methoxy groups -OCH3 is 4. The van der Waals surface area contributed by atoms with Gasteiger partial charge in [-0.2, -0.15) is 0 Å². The average molecular weight is 574 g/mol. The Bertz CT molecular complexity index is 1690. The summed E-state index contributed by atoms with van der Waals surface area (Å²) in [6.45, 7) is 4.25. The summed E-state index contributed by atoms with van der Waals surface area (Å²) >= 11 is 0. The van der Waals surface area contributed by atoms with Gasteiger partial charge in [0, 0.05) is 40.4 Å². The molecule has 0 unspecified atom stereocenters. The Morgan fingerprint density at radius 3 is 2.43 bits per heavy atom. The van der Waals surface area contributed by atoms with Crippen molar-refractivity contribution in [2.24, 2.45) is 5.11 Å². The second-order valence-corrected chi connectivity index (χ2v) is 9.37. The number of carbonyl (C=O) groups is 2. The van der Waals surface area contributed by atoms with E-state index < -0.39 is 11.9 Å². The molecule has 218 valence electrons. The van der Waals surface area contributed by atoms with Crippen molar-refractivity contribution in [2.75, 3.05) is 33.8 Å². The molecule has 2 heterocycles. The van der Waals surface area contributed by atoms with Crippen molar-refractivity contribution in [3.8, 4) is 22.6 Å². The molecule has 0 spiro atoms. The zero-order valence-corrected chi connectivity index (χ0v) is 24.2. The van der Waals surface area contributed by atoms with Crippen LogP contribution in [0.2, 0.25) is 0 Å². The van der Waals surface area contributed by atoms with E-state index in [0.29, 0.717) is 51.7 Å². The van der Waals surface area contributed by atoms with Crippen molar-refractivity contribution < 1.29 is 28.5 Å². The maximum Gasteiger partial charge on any atom is 0.338 e. The van der Waals surface area contributed by atoms with Crippen LogP contribution in [0.3, 0.4) is 0 Å². The molecule has 0 saturated carbocycles. The molecule has 4 rings (SSSR count). The summed E-state index contributed by atoms with van der Waals surface area (Å²) in [4.78, 5) is 37.5. The minimum absolute atomic E-state index is 0.0362. The van der Waals surface area contributed by atoms with Gasteiger partial charge in [-0.05, 0) is 49.2 Å². The number of anilines is 1. The Morgan fingerprint density at radius 1 is 1.02 bits per heavy atom. The number of ether oxygens (including phenoxy) is 4. The Morgan fingerprint density at radius 2 is 1.79 bits per heavy atom. The molecule has 13 heteroatoms. The van der Waals surface area contributed by atoms with Crippen LogP contribution in [-0.2, 0) is 22.6 Å². The highest BCUT2D eigenvalue weighted by molar-refractivity contribution is 6.09. The third-order valence-corrected chi connectivity index (χ3v) is 6.74. The number of hydrogen-bond donors (Lipinski definition) is 1. The summed E-state index contributed by atoms with van der Waals surface area (Å²) in [7, 11) is 5.68. The summed E-state index contributed by atoms with van der Waals surface area (Å²) in [6, 6.07) is 10.0. The summed E-state index contributed by atoms with van der Waals surface area (Å²) in [5, 5.41) is 7.83. The number of fused-ring (bicyclic) bond motifs is 1. The van der Waals surface area contributed by atoms with Gasteiger partial charge in [0.05, 0.1) is 51.5 Å². The highest BCUT2D eigenvalue weighted by Gasteiger charge is 2.28. The quantitative estimate of drug-likeness (QED) is 0.103. The lowest BCUT2D eigenvalue weighted by Gasteiger charge is -2.15. The topological polar surface area (TPSA) is 163 Å². The van der Waals surface area contributed by atoms with Crippen LogP contribution >= 0.6 is 0 Å². The first-order chi connectivity index (χ1) is 20.3. The Balaban J connectivity index is 2.01. The normalized spacial score (nSPS) is 10.7. The van der Waals surface area contributed by atoms with Crippen LogP contribution in [0, 0.1) is 0 Å². The highest BCUT2D eigenvalue weighted by Crippen LogP contribution is 2.42. The average Bonchev–Trinajstić information content (AvgIpc) is 3.36. The van der Waals surface area contributed by atoms with Crippen LogP contribution in [0.5, 0.6) is 11.5 Å². The van der Waals surface area contributed by atoms with Gasteiger partial charge in [-0.1, -0.05) is 11.2 Å². The van der Waals surface area contributed by atoms with E-state index in [1.165, 1.54) is 26.6 Å². The molecule has 0 aliphatic carbocycles. The van der Waals surface area contributed by atoms with Crippen LogP contribution in [-0.4, -0.2) is 54.9 Å². The smallest absolute Gasteiger partial charge is 0.338 e. The number of nitrogens with zero attached hydrogens (tertiary/aromatic N) is 6. The van der Waals surface area contributed by atoms with E-state index in [1.807, 2.05) is 30.5 Å². The van der Waals surface area contributed by atoms with E-state index >= 15 is 0 Å². The second kappa shape index (κ2) is 12.9. The Labute approximate surface area is 242 Å². The Hall–Kier alpha value is -5.29. The van der Waals surface area contributed by atoms with E-state index in [2.05, 4.69) is 25.3 Å². The van der Waals surface area contributed by atoms with Gasteiger partial charge < -0.3 is 28.8 Å². The van der Waals surface area contributed by atoms with Crippen molar-refractivity contribution in [3.63, 3.8) is 0 Å². The molecule has 0 radical (unpaired) electrons. The van der Waals surface area contributed by atoms with E-state index in [9.17, 15) is 15.1 Å². The lowest BCUT2D eigenvalue weighted by atomic mass is 9.95. The first kappa shape index (κ1) is 29.7. The standard InChI is InChI=1S/C29H31N7O6/c1-16(2)36-22(14-34-35-30)24(20-10-8-17(28(37)41-5)11-21(20)29(38)42-6)25-26(32-15-33-27(25)36)31-13-18-7-9-19(39-3)12-23(18)40-4/h7-12,15-16H,13-14H2,1-6H3,(H,31,32,33). The van der Waals surface area contributed by atoms with E-state index in [4.69, 9.17) is 18.9 Å². The summed E-state index contributed by atoms with van der Waals surface area (Å²) in [6.07, 6.45) is 1.44.